The molecule has 17 heteroatoms. The third-order valence-electron chi connectivity index (χ3n) is 12.3. The summed E-state index contributed by atoms with van der Waals surface area (Å²) in [5, 5.41) is 35.2. The van der Waals surface area contributed by atoms with Gasteiger partial charge in [0, 0.05) is 149 Å². The topological polar surface area (TPSA) is 173 Å². The molecule has 3 aliphatic rings. The molecule has 68 heavy (non-hydrogen) atoms. The summed E-state index contributed by atoms with van der Waals surface area (Å²) in [6.07, 6.45) is 0. The molecular formula is C51H54N8O9. The van der Waals surface area contributed by atoms with Crippen LogP contribution in [0.15, 0.2) is 146 Å². The van der Waals surface area contributed by atoms with E-state index in [-0.39, 0.29) is 17.1 Å². The zero-order valence-electron chi connectivity index (χ0n) is 37.7. The Bertz CT molecular complexity index is 2350. The van der Waals surface area contributed by atoms with Crippen molar-refractivity contribution in [2.45, 2.75) is 19.6 Å². The average molecular weight is 923 g/mol. The van der Waals surface area contributed by atoms with Crippen molar-refractivity contribution in [2.75, 3.05) is 93.4 Å². The summed E-state index contributed by atoms with van der Waals surface area (Å²) in [5.74, 6) is 2.23. The predicted octanol–water partition coefficient (Wildman–Crippen LogP) is 8.60. The number of ether oxygens (including phenoxy) is 3. The summed E-state index contributed by atoms with van der Waals surface area (Å²) >= 11 is 0. The zero-order chi connectivity index (χ0) is 47.2. The van der Waals surface area contributed by atoms with Gasteiger partial charge in [-0.1, -0.05) is 54.6 Å². The second kappa shape index (κ2) is 22.6. The highest BCUT2D eigenvalue weighted by Gasteiger charge is 2.22. The quantitative estimate of drug-likeness (QED) is 0.115. The highest BCUT2D eigenvalue weighted by Crippen LogP contribution is 2.30. The van der Waals surface area contributed by atoms with Crippen molar-refractivity contribution in [2.24, 2.45) is 0 Å². The number of rotatable bonds is 6. The fourth-order valence-electron chi connectivity index (χ4n) is 8.51. The molecule has 3 aliphatic heterocycles. The minimum absolute atomic E-state index is 0.00143. The maximum atomic E-state index is 11.7. The van der Waals surface area contributed by atoms with Crippen molar-refractivity contribution in [3.63, 3.8) is 0 Å². The summed E-state index contributed by atoms with van der Waals surface area (Å²) in [6, 6.07) is 43.7. The monoisotopic (exact) mass is 922 g/mol. The molecule has 0 radical (unpaired) electrons. The Kier molecular flexibility index (Phi) is 15.6. The first-order chi connectivity index (χ1) is 33.2. The first-order valence-corrected chi connectivity index (χ1v) is 22.7. The predicted molar refractivity (Wildman–Crippen MR) is 261 cm³/mol. The van der Waals surface area contributed by atoms with E-state index in [9.17, 15) is 30.3 Å². The van der Waals surface area contributed by atoms with E-state index in [2.05, 4.69) is 24.5 Å². The molecule has 3 heterocycles. The van der Waals surface area contributed by atoms with Crippen molar-refractivity contribution in [3.05, 3.63) is 193 Å². The summed E-state index contributed by atoms with van der Waals surface area (Å²) in [6.45, 7) is 7.59. The fourth-order valence-corrected chi connectivity index (χ4v) is 8.51. The summed E-state index contributed by atoms with van der Waals surface area (Å²) in [4.78, 5) is 45.3. The third-order valence-corrected chi connectivity index (χ3v) is 12.3. The van der Waals surface area contributed by atoms with Gasteiger partial charge in [-0.15, -0.1) is 0 Å². The highest BCUT2D eigenvalue weighted by molar-refractivity contribution is 5.55. The van der Waals surface area contributed by atoms with Crippen LogP contribution in [0.5, 0.6) is 17.2 Å². The van der Waals surface area contributed by atoms with Gasteiger partial charge in [-0.05, 0) is 54.6 Å². The number of benzene rings is 6. The Morgan fingerprint density at radius 3 is 0.882 bits per heavy atom. The number of nitrogens with zero attached hydrogens (tertiary/aromatic N) is 8. The van der Waals surface area contributed by atoms with Crippen molar-refractivity contribution in [1.29, 1.82) is 0 Å². The first kappa shape index (κ1) is 46.8. The highest BCUT2D eigenvalue weighted by atomic mass is 16.6. The van der Waals surface area contributed by atoms with Crippen molar-refractivity contribution in [1.82, 2.24) is 9.80 Å². The maximum absolute atomic E-state index is 11.7. The smallest absolute Gasteiger partial charge is 0.269 e. The molecule has 17 nitrogen and oxygen atoms in total. The van der Waals surface area contributed by atoms with Crippen LogP contribution in [0.2, 0.25) is 0 Å². The van der Waals surface area contributed by atoms with E-state index >= 15 is 0 Å². The molecule has 0 saturated carbocycles. The van der Waals surface area contributed by atoms with E-state index < -0.39 is 14.8 Å². The van der Waals surface area contributed by atoms with E-state index in [0.717, 1.165) is 51.0 Å². The summed E-state index contributed by atoms with van der Waals surface area (Å²) in [5.41, 5.74) is 5.32. The standard InChI is InChI=1S/C51H54N8O9/c60-57(61)46-19-13-43(14-20-46)54-28-25-52-26-29-55(44-15-21-47(22-16-44)58(62)63)38-41-8-2-5-11-50(41)67-35-32-53(31-34-66-49-10-4-1-7-40(49)37-54)33-36-68-51-12-6-3-9-42(51)39-56(30-27-52)45-17-23-48(24-18-45)59(64)65/h1-24H,25-39H2. The lowest BCUT2D eigenvalue weighted by molar-refractivity contribution is -0.385. The molecule has 352 valence electrons. The largest absolute Gasteiger partial charge is 0.492 e. The van der Waals surface area contributed by atoms with E-state index in [1.807, 2.05) is 72.8 Å². The molecule has 0 aliphatic carbocycles. The molecule has 0 saturated heterocycles. The van der Waals surface area contributed by atoms with Gasteiger partial charge >= 0.3 is 0 Å². The molecule has 0 fully saturated rings. The lowest BCUT2D eigenvalue weighted by Crippen LogP contribution is -2.43. The second-order valence-electron chi connectivity index (χ2n) is 16.6. The van der Waals surface area contributed by atoms with Gasteiger partial charge in [-0.2, -0.15) is 0 Å². The molecule has 6 aromatic carbocycles. The van der Waals surface area contributed by atoms with Crippen LogP contribution in [0.4, 0.5) is 34.1 Å². The number of hydrogen-bond acceptors (Lipinski definition) is 14. The number of hydrogen-bond donors (Lipinski definition) is 0. The molecule has 0 atom stereocenters. The minimum atomic E-state index is -0.400. The van der Waals surface area contributed by atoms with E-state index in [1.165, 1.54) is 36.4 Å². The normalized spacial score (nSPS) is 17.7. The molecule has 0 unspecified atom stereocenters. The Balaban J connectivity index is 1.22. The molecule has 0 amide bonds. The van der Waals surface area contributed by atoms with Crippen molar-refractivity contribution >= 4 is 34.1 Å². The van der Waals surface area contributed by atoms with Gasteiger partial charge in [0.25, 0.3) is 17.1 Å². The van der Waals surface area contributed by atoms with E-state index in [0.29, 0.717) is 98.4 Å². The summed E-state index contributed by atoms with van der Waals surface area (Å²) < 4.78 is 19.7. The lowest BCUT2D eigenvalue weighted by Gasteiger charge is -2.34. The van der Waals surface area contributed by atoms with Gasteiger partial charge in [0.1, 0.15) is 37.1 Å². The lowest BCUT2D eigenvalue weighted by atomic mass is 10.1. The van der Waals surface area contributed by atoms with Crippen molar-refractivity contribution in [3.8, 4) is 17.2 Å². The van der Waals surface area contributed by atoms with Gasteiger partial charge in [-0.25, -0.2) is 0 Å². The van der Waals surface area contributed by atoms with Gasteiger partial charge in [-0.3, -0.25) is 40.1 Å². The number of nitro benzene ring substituents is 3. The minimum Gasteiger partial charge on any atom is -0.492 e. The number of para-hydroxylation sites is 3. The zero-order valence-corrected chi connectivity index (χ0v) is 37.7. The van der Waals surface area contributed by atoms with Crippen LogP contribution in [-0.2, 0) is 19.6 Å². The molecule has 6 aromatic rings. The first-order valence-electron chi connectivity index (χ1n) is 22.7. The second-order valence-corrected chi connectivity index (χ2v) is 16.6. The molecular weight excluding hydrogens is 869 g/mol. The van der Waals surface area contributed by atoms with Crippen LogP contribution < -0.4 is 28.9 Å². The molecule has 0 spiro atoms. The van der Waals surface area contributed by atoms with Crippen LogP contribution >= 0.6 is 0 Å². The maximum Gasteiger partial charge on any atom is 0.269 e. The van der Waals surface area contributed by atoms with Gasteiger partial charge in [0.15, 0.2) is 0 Å². The van der Waals surface area contributed by atoms with Crippen LogP contribution in [-0.4, -0.2) is 103 Å². The number of anilines is 3. The van der Waals surface area contributed by atoms with Crippen LogP contribution in [0.1, 0.15) is 16.7 Å². The number of fused-ring (bicyclic) bond motifs is 15. The van der Waals surface area contributed by atoms with E-state index in [4.69, 9.17) is 14.2 Å². The van der Waals surface area contributed by atoms with Gasteiger partial charge < -0.3 is 28.9 Å². The Morgan fingerprint density at radius 1 is 0.338 bits per heavy atom. The molecule has 2 bridgehead atoms. The summed E-state index contributed by atoms with van der Waals surface area (Å²) in [7, 11) is 0. The molecule has 0 aromatic heterocycles. The Morgan fingerprint density at radius 2 is 0.603 bits per heavy atom. The van der Waals surface area contributed by atoms with Gasteiger partial charge in [0.05, 0.1) is 14.8 Å². The number of non-ortho nitro benzene ring substituents is 3. The SMILES string of the molecule is O=[N+]([O-])c1ccc(N2CCN3CCN(c4ccc([N+](=O)[O-])cc4)Cc4ccccc4OCCN(CCOc4ccccc4C2)CCOc2ccccc2CN(c2ccc([N+](=O)[O-])cc2)CC3)cc1. The van der Waals surface area contributed by atoms with Crippen molar-refractivity contribution < 1.29 is 29.0 Å². The fraction of sp³-hybridized carbons (Fsp3) is 0.294. The number of nitro groups is 3. The third kappa shape index (κ3) is 12.4. The van der Waals surface area contributed by atoms with Crippen LogP contribution in [0.3, 0.4) is 0 Å². The molecule has 9 rings (SSSR count). The average Bonchev–Trinajstić information content (AvgIpc) is 3.35. The van der Waals surface area contributed by atoms with E-state index in [1.54, 1.807) is 36.4 Å². The van der Waals surface area contributed by atoms with Gasteiger partial charge in [0.2, 0.25) is 0 Å². The van der Waals surface area contributed by atoms with Crippen LogP contribution in [0.25, 0.3) is 0 Å². The van der Waals surface area contributed by atoms with Crippen LogP contribution in [0, 0.1) is 30.3 Å². The molecule has 0 N–H and O–H groups in total. The Hall–Kier alpha value is -7.76. The Labute approximate surface area is 394 Å².